The van der Waals surface area contributed by atoms with Crippen LogP contribution in [0.4, 0.5) is 0 Å². The Morgan fingerprint density at radius 2 is 1.46 bits per heavy atom. The minimum absolute atomic E-state index is 0.174. The summed E-state index contributed by atoms with van der Waals surface area (Å²) in [6.07, 6.45) is 10.1. The third-order valence-corrected chi connectivity index (χ3v) is 6.61. The van der Waals surface area contributed by atoms with Crippen LogP contribution in [0.25, 0.3) is 11.1 Å². The summed E-state index contributed by atoms with van der Waals surface area (Å²) in [6.45, 7) is 4.68. The molecule has 0 bridgehead atoms. The van der Waals surface area contributed by atoms with Crippen LogP contribution < -0.4 is 0 Å². The van der Waals surface area contributed by atoms with E-state index in [0.717, 1.165) is 18.2 Å². The van der Waals surface area contributed by atoms with Gasteiger partial charge < -0.3 is 0 Å². The van der Waals surface area contributed by atoms with Gasteiger partial charge in [0.05, 0.1) is 0 Å². The number of unbranched alkanes of at least 4 members (excludes halogenated alkanes) is 2. The molecule has 1 atom stereocenters. The lowest BCUT2D eigenvalue weighted by Crippen LogP contribution is -2.28. The monoisotopic (exact) mass is 368 g/mol. The average molecular weight is 369 g/mol. The van der Waals surface area contributed by atoms with Crippen LogP contribution in [-0.2, 0) is 5.41 Å². The Kier molecular flexibility index (Phi) is 6.81. The second-order valence-corrected chi connectivity index (χ2v) is 8.32. The summed E-state index contributed by atoms with van der Waals surface area (Å²) in [5.74, 6) is 1.57. The van der Waals surface area contributed by atoms with E-state index in [0.29, 0.717) is 0 Å². The predicted octanol–water partition coefficient (Wildman–Crippen LogP) is 7.97. The maximum atomic E-state index is 6.03. The maximum Gasteiger partial charge on any atom is 0.0223 e. The fourth-order valence-corrected chi connectivity index (χ4v) is 5.15. The highest BCUT2D eigenvalue weighted by Gasteiger charge is 2.43. The van der Waals surface area contributed by atoms with E-state index < -0.39 is 0 Å². The summed E-state index contributed by atoms with van der Waals surface area (Å²) in [7, 11) is 0. The van der Waals surface area contributed by atoms with Gasteiger partial charge in [-0.2, -0.15) is 0 Å². The standard InChI is InChI=1S/C25H33Cl/c1-3-5-12-20(4-2)19-25(17-10-11-18-26)23-15-8-6-13-21(23)22-14-7-9-16-24(22)25/h6-9,13-16,20H,3-5,10-12,17-19H2,1-2H3. The van der Waals surface area contributed by atoms with Gasteiger partial charge in [-0.1, -0.05) is 94.5 Å². The van der Waals surface area contributed by atoms with E-state index in [1.165, 1.54) is 56.1 Å². The van der Waals surface area contributed by atoms with Crippen molar-refractivity contribution in [1.82, 2.24) is 0 Å². The minimum Gasteiger partial charge on any atom is -0.127 e. The van der Waals surface area contributed by atoms with Gasteiger partial charge in [0.15, 0.2) is 0 Å². The Morgan fingerprint density at radius 1 is 0.846 bits per heavy atom. The molecule has 0 spiro atoms. The molecule has 1 unspecified atom stereocenters. The Bertz CT molecular complexity index is 657. The van der Waals surface area contributed by atoms with Crippen LogP contribution in [0, 0.1) is 5.92 Å². The molecule has 0 aliphatic heterocycles. The predicted molar refractivity (Wildman–Crippen MR) is 115 cm³/mol. The molecule has 0 saturated carbocycles. The van der Waals surface area contributed by atoms with E-state index in [2.05, 4.69) is 62.4 Å². The Labute approximate surface area is 165 Å². The molecular weight excluding hydrogens is 336 g/mol. The molecule has 1 aliphatic rings. The number of hydrogen-bond donors (Lipinski definition) is 0. The second kappa shape index (κ2) is 9.09. The van der Waals surface area contributed by atoms with Crippen molar-refractivity contribution in [2.45, 2.75) is 70.6 Å². The normalized spacial score (nSPS) is 15.5. The number of alkyl halides is 1. The SMILES string of the molecule is CCCCC(CC)CC1(CCCCCl)c2ccccc2-c2ccccc21. The number of rotatable bonds is 10. The van der Waals surface area contributed by atoms with E-state index >= 15 is 0 Å². The van der Waals surface area contributed by atoms with Gasteiger partial charge in [-0.3, -0.25) is 0 Å². The van der Waals surface area contributed by atoms with Gasteiger partial charge in [0.1, 0.15) is 0 Å². The second-order valence-electron chi connectivity index (χ2n) is 7.94. The molecule has 0 nitrogen and oxygen atoms in total. The quantitative estimate of drug-likeness (QED) is 0.294. The summed E-state index contributed by atoms with van der Waals surface area (Å²) in [5.41, 5.74) is 6.21. The first kappa shape index (κ1) is 19.5. The number of hydrogen-bond acceptors (Lipinski definition) is 0. The molecule has 2 aromatic carbocycles. The zero-order chi connectivity index (χ0) is 18.4. The minimum atomic E-state index is 0.174. The molecule has 1 aliphatic carbocycles. The van der Waals surface area contributed by atoms with Gasteiger partial charge in [-0.05, 0) is 47.4 Å². The van der Waals surface area contributed by atoms with Gasteiger partial charge in [-0.15, -0.1) is 11.6 Å². The summed E-state index contributed by atoms with van der Waals surface area (Å²) in [6, 6.07) is 18.3. The molecule has 0 amide bonds. The van der Waals surface area contributed by atoms with Crippen LogP contribution in [0.5, 0.6) is 0 Å². The molecule has 3 rings (SSSR count). The number of benzene rings is 2. The average Bonchev–Trinajstić information content (AvgIpc) is 2.96. The smallest absolute Gasteiger partial charge is 0.0223 e. The zero-order valence-corrected chi connectivity index (χ0v) is 17.2. The molecular formula is C25H33Cl. The Balaban J connectivity index is 2.04. The van der Waals surface area contributed by atoms with Crippen LogP contribution in [0.15, 0.2) is 48.5 Å². The van der Waals surface area contributed by atoms with Crippen molar-refractivity contribution in [2.75, 3.05) is 5.88 Å². The molecule has 0 radical (unpaired) electrons. The van der Waals surface area contributed by atoms with Crippen molar-refractivity contribution < 1.29 is 0 Å². The van der Waals surface area contributed by atoms with E-state index in [4.69, 9.17) is 11.6 Å². The van der Waals surface area contributed by atoms with Crippen LogP contribution in [0.1, 0.15) is 76.3 Å². The number of fused-ring (bicyclic) bond motifs is 3. The van der Waals surface area contributed by atoms with Crippen LogP contribution >= 0.6 is 11.6 Å². The van der Waals surface area contributed by atoms with Crippen molar-refractivity contribution in [2.24, 2.45) is 5.92 Å². The highest BCUT2D eigenvalue weighted by molar-refractivity contribution is 6.17. The summed E-state index contributed by atoms with van der Waals surface area (Å²) in [5, 5.41) is 0. The van der Waals surface area contributed by atoms with Crippen molar-refractivity contribution >= 4 is 11.6 Å². The van der Waals surface area contributed by atoms with Gasteiger partial charge in [0.25, 0.3) is 0 Å². The summed E-state index contributed by atoms with van der Waals surface area (Å²) in [4.78, 5) is 0. The van der Waals surface area contributed by atoms with Crippen LogP contribution in [0.2, 0.25) is 0 Å². The summed E-state index contributed by atoms with van der Waals surface area (Å²) < 4.78 is 0. The first-order chi connectivity index (χ1) is 12.8. The molecule has 0 fully saturated rings. The van der Waals surface area contributed by atoms with Gasteiger partial charge in [0, 0.05) is 11.3 Å². The molecule has 140 valence electrons. The van der Waals surface area contributed by atoms with Gasteiger partial charge in [0.2, 0.25) is 0 Å². The molecule has 1 heteroatoms. The number of halogens is 1. The fraction of sp³-hybridized carbons (Fsp3) is 0.520. The van der Waals surface area contributed by atoms with E-state index in [1.54, 1.807) is 11.1 Å². The lowest BCUT2D eigenvalue weighted by molar-refractivity contribution is 0.313. The summed E-state index contributed by atoms with van der Waals surface area (Å²) >= 11 is 6.03. The highest BCUT2D eigenvalue weighted by atomic mass is 35.5. The van der Waals surface area contributed by atoms with Crippen molar-refractivity contribution in [3.8, 4) is 11.1 Å². The third-order valence-electron chi connectivity index (χ3n) is 6.34. The van der Waals surface area contributed by atoms with Crippen molar-refractivity contribution in [3.63, 3.8) is 0 Å². The van der Waals surface area contributed by atoms with E-state index in [9.17, 15) is 0 Å². The molecule has 26 heavy (non-hydrogen) atoms. The first-order valence-corrected chi connectivity index (χ1v) is 11.1. The Hall–Kier alpha value is -1.27. The third kappa shape index (κ3) is 3.72. The largest absolute Gasteiger partial charge is 0.127 e. The van der Waals surface area contributed by atoms with Gasteiger partial charge in [-0.25, -0.2) is 0 Å². The van der Waals surface area contributed by atoms with Gasteiger partial charge >= 0.3 is 0 Å². The van der Waals surface area contributed by atoms with Crippen LogP contribution in [0.3, 0.4) is 0 Å². The Morgan fingerprint density at radius 3 is 2.00 bits per heavy atom. The van der Waals surface area contributed by atoms with Crippen molar-refractivity contribution in [1.29, 1.82) is 0 Å². The molecule has 0 N–H and O–H groups in total. The topological polar surface area (TPSA) is 0 Å². The zero-order valence-electron chi connectivity index (χ0n) is 16.4. The lowest BCUT2D eigenvalue weighted by atomic mass is 9.67. The first-order valence-electron chi connectivity index (χ1n) is 10.5. The fourth-order valence-electron chi connectivity index (χ4n) is 4.96. The highest BCUT2D eigenvalue weighted by Crippen LogP contribution is 2.54. The van der Waals surface area contributed by atoms with E-state index in [1.807, 2.05) is 0 Å². The van der Waals surface area contributed by atoms with Crippen LogP contribution in [-0.4, -0.2) is 5.88 Å². The maximum absolute atomic E-state index is 6.03. The van der Waals surface area contributed by atoms with Crippen molar-refractivity contribution in [3.05, 3.63) is 59.7 Å². The van der Waals surface area contributed by atoms with E-state index in [-0.39, 0.29) is 5.41 Å². The molecule has 0 aromatic heterocycles. The molecule has 0 saturated heterocycles. The lowest BCUT2D eigenvalue weighted by Gasteiger charge is -2.36. The molecule has 0 heterocycles. The molecule has 2 aromatic rings.